The first-order valence-corrected chi connectivity index (χ1v) is 6.90. The maximum atomic E-state index is 5.82. The lowest BCUT2D eigenvalue weighted by Crippen LogP contribution is -2.57. The van der Waals surface area contributed by atoms with E-state index in [9.17, 15) is 0 Å². The zero-order valence-electron chi connectivity index (χ0n) is 10.9. The molecule has 2 unspecified atom stereocenters. The van der Waals surface area contributed by atoms with E-state index in [0.29, 0.717) is 6.04 Å². The Morgan fingerprint density at radius 1 is 1.29 bits per heavy atom. The monoisotopic (exact) mass is 240 g/mol. The Morgan fingerprint density at radius 2 is 2.06 bits per heavy atom. The maximum absolute atomic E-state index is 5.82. The third-order valence-corrected chi connectivity index (χ3v) is 4.33. The third kappa shape index (κ3) is 2.65. The van der Waals surface area contributed by atoms with Crippen molar-refractivity contribution in [3.8, 4) is 0 Å². The molecule has 0 aromatic rings. The van der Waals surface area contributed by atoms with Crippen molar-refractivity contribution >= 4 is 0 Å². The number of piperidine rings is 3. The molecule has 0 amide bonds. The van der Waals surface area contributed by atoms with Crippen LogP contribution in [0.15, 0.2) is 0 Å². The van der Waals surface area contributed by atoms with Gasteiger partial charge in [-0.25, -0.2) is 0 Å². The zero-order chi connectivity index (χ0) is 11.9. The summed E-state index contributed by atoms with van der Waals surface area (Å²) in [4.78, 5) is 2.58. The average Bonchev–Trinajstić information content (AvgIpc) is 2.68. The molecule has 4 heterocycles. The van der Waals surface area contributed by atoms with Gasteiger partial charge in [-0.05, 0) is 45.7 Å². The fraction of sp³-hybridized carbons (Fsp3) is 1.00. The number of nitrogens with zero attached hydrogens (tertiary/aromatic N) is 1. The van der Waals surface area contributed by atoms with Gasteiger partial charge in [-0.2, -0.15) is 0 Å². The van der Waals surface area contributed by atoms with Crippen molar-refractivity contribution in [2.24, 2.45) is 5.92 Å². The fourth-order valence-electron chi connectivity index (χ4n) is 3.34. The molecule has 2 atom stereocenters. The molecule has 4 aliphatic rings. The summed E-state index contributed by atoms with van der Waals surface area (Å²) in [7, 11) is 0. The summed E-state index contributed by atoms with van der Waals surface area (Å²) in [6.45, 7) is 9.46. The van der Waals surface area contributed by atoms with E-state index >= 15 is 0 Å². The van der Waals surface area contributed by atoms with E-state index in [2.05, 4.69) is 10.2 Å². The minimum Gasteiger partial charge on any atom is -0.348 e. The molecule has 0 aromatic carbocycles. The zero-order valence-corrected chi connectivity index (χ0v) is 10.9. The quantitative estimate of drug-likeness (QED) is 0.792. The van der Waals surface area contributed by atoms with Gasteiger partial charge in [-0.15, -0.1) is 0 Å². The number of hydrogen-bond donors (Lipinski definition) is 1. The second-order valence-electron chi connectivity index (χ2n) is 6.10. The van der Waals surface area contributed by atoms with E-state index in [1.54, 1.807) is 0 Å². The Hall–Kier alpha value is -0.160. The van der Waals surface area contributed by atoms with Crippen molar-refractivity contribution in [1.29, 1.82) is 0 Å². The van der Waals surface area contributed by atoms with Crippen LogP contribution in [0.1, 0.15) is 26.7 Å². The van der Waals surface area contributed by atoms with Crippen molar-refractivity contribution in [3.63, 3.8) is 0 Å². The number of rotatable bonds is 3. The number of fused-ring (bicyclic) bond motifs is 3. The number of nitrogens with one attached hydrogen (secondary N) is 1. The Balaban J connectivity index is 1.46. The molecule has 2 bridgehead atoms. The van der Waals surface area contributed by atoms with Gasteiger partial charge in [0.05, 0.1) is 12.7 Å². The molecular weight excluding hydrogens is 216 g/mol. The van der Waals surface area contributed by atoms with Gasteiger partial charge < -0.3 is 19.7 Å². The second-order valence-corrected chi connectivity index (χ2v) is 6.10. The highest BCUT2D eigenvalue weighted by Gasteiger charge is 2.36. The number of hydrogen-bond acceptors (Lipinski definition) is 4. The smallest absolute Gasteiger partial charge is 0.163 e. The molecule has 0 radical (unpaired) electrons. The third-order valence-electron chi connectivity index (χ3n) is 4.33. The predicted octanol–water partition coefficient (Wildman–Crippen LogP) is 0.822. The van der Waals surface area contributed by atoms with Crippen molar-refractivity contribution in [2.75, 3.05) is 32.8 Å². The van der Waals surface area contributed by atoms with Gasteiger partial charge >= 0.3 is 0 Å². The summed E-state index contributed by atoms with van der Waals surface area (Å²) in [5, 5.41) is 3.69. The van der Waals surface area contributed by atoms with E-state index in [1.165, 1.54) is 32.5 Å². The van der Waals surface area contributed by atoms with Crippen molar-refractivity contribution in [3.05, 3.63) is 0 Å². The Morgan fingerprint density at radius 3 is 2.59 bits per heavy atom. The van der Waals surface area contributed by atoms with Crippen molar-refractivity contribution < 1.29 is 9.47 Å². The topological polar surface area (TPSA) is 33.7 Å². The molecule has 4 rings (SSSR count). The molecule has 4 fully saturated rings. The first-order valence-electron chi connectivity index (χ1n) is 6.90. The van der Waals surface area contributed by atoms with E-state index in [1.807, 2.05) is 13.8 Å². The largest absolute Gasteiger partial charge is 0.348 e. The molecule has 0 aromatic heterocycles. The lowest BCUT2D eigenvalue weighted by molar-refractivity contribution is -0.138. The van der Waals surface area contributed by atoms with Gasteiger partial charge in [0.15, 0.2) is 5.79 Å². The molecule has 0 aliphatic carbocycles. The van der Waals surface area contributed by atoms with Crippen LogP contribution in [-0.2, 0) is 9.47 Å². The highest BCUT2D eigenvalue weighted by molar-refractivity contribution is 4.91. The van der Waals surface area contributed by atoms with Gasteiger partial charge in [-0.3, -0.25) is 0 Å². The maximum Gasteiger partial charge on any atom is 0.163 e. The summed E-state index contributed by atoms with van der Waals surface area (Å²) < 4.78 is 11.4. The number of ether oxygens (including phenoxy) is 2. The van der Waals surface area contributed by atoms with E-state index in [4.69, 9.17) is 9.47 Å². The van der Waals surface area contributed by atoms with Gasteiger partial charge in [0.2, 0.25) is 0 Å². The molecule has 1 N–H and O–H groups in total. The summed E-state index contributed by atoms with van der Waals surface area (Å²) in [6.07, 6.45) is 2.96. The highest BCUT2D eigenvalue weighted by atomic mass is 16.7. The van der Waals surface area contributed by atoms with Crippen LogP contribution in [-0.4, -0.2) is 55.6 Å². The van der Waals surface area contributed by atoms with E-state index in [0.717, 1.165) is 19.1 Å². The van der Waals surface area contributed by atoms with Crippen LogP contribution < -0.4 is 5.32 Å². The first kappa shape index (κ1) is 11.9. The van der Waals surface area contributed by atoms with E-state index in [-0.39, 0.29) is 11.9 Å². The van der Waals surface area contributed by atoms with Crippen molar-refractivity contribution in [1.82, 2.24) is 10.2 Å². The van der Waals surface area contributed by atoms with Gasteiger partial charge in [-0.1, -0.05) is 0 Å². The molecule has 0 spiro atoms. The normalized spacial score (nSPS) is 44.1. The summed E-state index contributed by atoms with van der Waals surface area (Å²) in [5.41, 5.74) is 0. The van der Waals surface area contributed by atoms with Gasteiger partial charge in [0, 0.05) is 19.1 Å². The van der Waals surface area contributed by atoms with Crippen molar-refractivity contribution in [2.45, 2.75) is 44.6 Å². The average molecular weight is 240 g/mol. The standard InChI is InChI=1S/C13H24N2O2/c1-13(2)16-9-11(17-13)7-14-12-8-15-5-3-10(12)4-6-15/h10-12,14H,3-9H2,1-2H3. The fourth-order valence-corrected chi connectivity index (χ4v) is 3.34. The van der Waals surface area contributed by atoms with Gasteiger partial charge in [0.25, 0.3) is 0 Å². The highest BCUT2D eigenvalue weighted by Crippen LogP contribution is 2.28. The molecular formula is C13H24N2O2. The lowest BCUT2D eigenvalue weighted by Gasteiger charge is -2.45. The molecule has 98 valence electrons. The first-order chi connectivity index (χ1) is 8.12. The Kier molecular flexibility index (Phi) is 3.15. The minimum absolute atomic E-state index is 0.223. The molecule has 4 nitrogen and oxygen atoms in total. The minimum atomic E-state index is -0.387. The van der Waals surface area contributed by atoms with Crippen LogP contribution in [0, 0.1) is 5.92 Å². The van der Waals surface area contributed by atoms with Gasteiger partial charge in [0.1, 0.15) is 0 Å². The van der Waals surface area contributed by atoms with Crippen LogP contribution in [0.3, 0.4) is 0 Å². The Labute approximate surface area is 104 Å². The SMILES string of the molecule is CC1(C)OCC(CNC2CN3CCC2CC3)O1. The molecule has 0 saturated carbocycles. The van der Waals surface area contributed by atoms with Crippen LogP contribution in [0.4, 0.5) is 0 Å². The van der Waals surface area contributed by atoms with Crippen LogP contribution >= 0.6 is 0 Å². The van der Waals surface area contributed by atoms with Crippen LogP contribution in [0.5, 0.6) is 0 Å². The van der Waals surface area contributed by atoms with Crippen LogP contribution in [0.25, 0.3) is 0 Å². The molecule has 4 saturated heterocycles. The Bertz CT molecular complexity index is 275. The summed E-state index contributed by atoms with van der Waals surface area (Å²) >= 11 is 0. The van der Waals surface area contributed by atoms with E-state index < -0.39 is 0 Å². The second kappa shape index (κ2) is 4.50. The molecule has 17 heavy (non-hydrogen) atoms. The molecule has 4 aliphatic heterocycles. The van der Waals surface area contributed by atoms with Crippen LogP contribution in [0.2, 0.25) is 0 Å². The summed E-state index contributed by atoms with van der Waals surface area (Å²) in [5.74, 6) is 0.497. The molecule has 4 heteroatoms. The lowest BCUT2D eigenvalue weighted by atomic mass is 9.84. The summed E-state index contributed by atoms with van der Waals surface area (Å²) in [6, 6.07) is 0.671. The predicted molar refractivity (Wildman–Crippen MR) is 65.9 cm³/mol.